The lowest BCUT2D eigenvalue weighted by atomic mass is 10.1. The zero-order chi connectivity index (χ0) is 23.6. The predicted octanol–water partition coefficient (Wildman–Crippen LogP) is 0.680. The Morgan fingerprint density at radius 1 is 1.21 bits per heavy atom. The van der Waals surface area contributed by atoms with Gasteiger partial charge in [0.05, 0.1) is 18.0 Å². The second-order valence-corrected chi connectivity index (χ2v) is 7.24. The van der Waals surface area contributed by atoms with Gasteiger partial charge in [-0.15, -0.1) is 0 Å². The molecule has 0 atom stereocenters. The summed E-state index contributed by atoms with van der Waals surface area (Å²) in [5.74, 6) is 6.62. The van der Waals surface area contributed by atoms with E-state index in [4.69, 9.17) is 16.6 Å². The smallest absolute Gasteiger partial charge is 0.207 e. The molecule has 1 saturated heterocycles. The molecule has 1 aromatic heterocycles. The average molecular weight is 447 g/mol. The van der Waals surface area contributed by atoms with Crippen LogP contribution in [0.4, 0.5) is 5.82 Å². The maximum Gasteiger partial charge on any atom is 0.207 e. The number of aromatic hydroxyl groups is 1. The van der Waals surface area contributed by atoms with Crippen LogP contribution in [0.3, 0.4) is 0 Å². The monoisotopic (exact) mass is 446 g/mol. The molecule has 0 unspecified atom stereocenters. The Morgan fingerprint density at radius 3 is 2.79 bits per heavy atom. The number of nitrogens with zero attached hydrogens (tertiary/aromatic N) is 4. The number of para-hydroxylation sites is 1. The van der Waals surface area contributed by atoms with Gasteiger partial charge in [0.25, 0.3) is 0 Å². The summed E-state index contributed by atoms with van der Waals surface area (Å²) in [4.78, 5) is 23.0. The number of carbonyl (C=O) groups is 1. The van der Waals surface area contributed by atoms with Crippen LogP contribution in [0.1, 0.15) is 17.8 Å². The summed E-state index contributed by atoms with van der Waals surface area (Å²) in [6.07, 6.45) is 4.56. The molecule has 10 nitrogen and oxygen atoms in total. The van der Waals surface area contributed by atoms with E-state index in [1.807, 2.05) is 11.0 Å². The normalized spacial score (nSPS) is 14.0. The Kier molecular flexibility index (Phi) is 7.96. The van der Waals surface area contributed by atoms with E-state index in [1.165, 1.54) is 12.1 Å². The van der Waals surface area contributed by atoms with Gasteiger partial charge in [-0.05, 0) is 36.6 Å². The number of anilines is 1. The van der Waals surface area contributed by atoms with Crippen molar-refractivity contribution in [2.45, 2.75) is 6.42 Å². The molecule has 3 rings (SSSR count). The summed E-state index contributed by atoms with van der Waals surface area (Å²) < 4.78 is 0. The highest BCUT2D eigenvalue weighted by atomic mass is 16.3. The van der Waals surface area contributed by atoms with Crippen molar-refractivity contribution in [1.29, 1.82) is 10.8 Å². The molecule has 1 amide bonds. The number of phenols is 1. The van der Waals surface area contributed by atoms with Crippen LogP contribution < -0.4 is 16.0 Å². The lowest BCUT2D eigenvalue weighted by Crippen LogP contribution is -2.35. The number of amidine groups is 1. The van der Waals surface area contributed by atoms with Crippen molar-refractivity contribution in [2.24, 2.45) is 5.73 Å². The molecular weight excluding hydrogens is 420 g/mol. The maximum absolute atomic E-state index is 10.3. The topological polar surface area (TPSA) is 155 Å². The lowest BCUT2D eigenvalue weighted by Gasteiger charge is -2.26. The van der Waals surface area contributed by atoms with E-state index < -0.39 is 0 Å². The molecule has 1 aromatic carbocycles. The van der Waals surface area contributed by atoms with Crippen LogP contribution in [0.2, 0.25) is 0 Å². The molecule has 2 aromatic rings. The number of amides is 1. The molecule has 0 bridgehead atoms. The minimum atomic E-state index is -0.132. The fourth-order valence-corrected chi connectivity index (χ4v) is 3.44. The molecule has 2 heterocycles. The van der Waals surface area contributed by atoms with Gasteiger partial charge in [0.2, 0.25) is 12.2 Å². The van der Waals surface area contributed by atoms with Crippen molar-refractivity contribution in [2.75, 3.05) is 37.6 Å². The van der Waals surface area contributed by atoms with Crippen LogP contribution >= 0.6 is 0 Å². The van der Waals surface area contributed by atoms with Gasteiger partial charge >= 0.3 is 0 Å². The minimum absolute atomic E-state index is 0.00768. The molecule has 0 saturated carbocycles. The van der Waals surface area contributed by atoms with Gasteiger partial charge in [0, 0.05) is 37.9 Å². The van der Waals surface area contributed by atoms with Gasteiger partial charge in [-0.25, -0.2) is 9.97 Å². The van der Waals surface area contributed by atoms with Crippen LogP contribution in [0.25, 0.3) is 0 Å². The fraction of sp³-hybridized carbons (Fsp3) is 0.261. The van der Waals surface area contributed by atoms with E-state index in [-0.39, 0.29) is 23.8 Å². The van der Waals surface area contributed by atoms with E-state index in [0.717, 1.165) is 18.8 Å². The highest BCUT2D eigenvalue weighted by Crippen LogP contribution is 2.20. The van der Waals surface area contributed by atoms with Gasteiger partial charge in [0.15, 0.2) is 0 Å². The van der Waals surface area contributed by atoms with Crippen molar-refractivity contribution >= 4 is 23.8 Å². The number of aromatic nitrogens is 2. The van der Waals surface area contributed by atoms with Crippen LogP contribution in [0.5, 0.6) is 5.75 Å². The summed E-state index contributed by atoms with van der Waals surface area (Å²) in [6.45, 7) is 2.84. The van der Waals surface area contributed by atoms with Crippen LogP contribution in [-0.2, 0) is 4.79 Å². The molecule has 1 aliphatic heterocycles. The molecule has 1 aliphatic rings. The Labute approximate surface area is 192 Å². The fourth-order valence-electron chi connectivity index (χ4n) is 3.44. The van der Waals surface area contributed by atoms with Crippen molar-refractivity contribution in [3.05, 3.63) is 59.7 Å². The summed E-state index contributed by atoms with van der Waals surface area (Å²) in [7, 11) is 0. The maximum atomic E-state index is 10.3. The highest BCUT2D eigenvalue weighted by Gasteiger charge is 2.20. The number of nitrogens with two attached hydrogens (primary N) is 1. The minimum Gasteiger partial charge on any atom is -0.507 e. The summed E-state index contributed by atoms with van der Waals surface area (Å²) in [5, 5.41) is 28.9. The Morgan fingerprint density at radius 2 is 2.03 bits per heavy atom. The van der Waals surface area contributed by atoms with E-state index in [9.17, 15) is 9.90 Å². The molecule has 10 heteroatoms. The predicted molar refractivity (Wildman–Crippen MR) is 126 cm³/mol. The first-order chi connectivity index (χ1) is 16.0. The van der Waals surface area contributed by atoms with Crippen LogP contribution in [0.15, 0.2) is 48.3 Å². The number of phenolic OH excluding ortho intramolecular Hbond substituents is 1. The van der Waals surface area contributed by atoms with E-state index >= 15 is 0 Å². The van der Waals surface area contributed by atoms with E-state index in [1.54, 1.807) is 24.4 Å². The van der Waals surface area contributed by atoms with Crippen LogP contribution in [0, 0.1) is 22.7 Å². The molecule has 170 valence electrons. The molecule has 6 N–H and O–H groups in total. The Balaban J connectivity index is 1.73. The van der Waals surface area contributed by atoms with Gasteiger partial charge in [-0.2, -0.15) is 0 Å². The number of nitrogens with one attached hydrogen (secondary N) is 3. The molecule has 0 spiro atoms. The standard InChI is InChI=1S/C23H26N8O2/c24-18(17-5-1-2-6-20(17)33)15-19(23(25)26)30-11-4-12-31(14-13-30)22-8-10-28-21(29-22)7-3-9-27-16-32/h1-2,5-6,8,10,15-16,24,33H,4,9,11-14H2,(H3,25,26)(H,27,32)/b19-15+,24-18?. The number of allylic oxidation sites excluding steroid dienone is 1. The van der Waals surface area contributed by atoms with Gasteiger partial charge in [0.1, 0.15) is 17.4 Å². The van der Waals surface area contributed by atoms with Crippen molar-refractivity contribution in [3.63, 3.8) is 0 Å². The van der Waals surface area contributed by atoms with Crippen LogP contribution in [-0.4, -0.2) is 70.7 Å². The first-order valence-electron chi connectivity index (χ1n) is 10.4. The highest BCUT2D eigenvalue weighted by molar-refractivity contribution is 6.12. The van der Waals surface area contributed by atoms with Gasteiger partial charge < -0.3 is 31.4 Å². The van der Waals surface area contributed by atoms with E-state index in [0.29, 0.717) is 43.1 Å². The van der Waals surface area contributed by atoms with Crippen molar-refractivity contribution < 1.29 is 9.90 Å². The third-order valence-electron chi connectivity index (χ3n) is 5.03. The first-order valence-corrected chi connectivity index (χ1v) is 10.4. The lowest BCUT2D eigenvalue weighted by molar-refractivity contribution is -0.109. The molecule has 0 radical (unpaired) electrons. The Hall–Kier alpha value is -4.39. The third kappa shape index (κ3) is 6.30. The second kappa shape index (κ2) is 11.3. The number of hydrogen-bond acceptors (Lipinski definition) is 8. The molecular formula is C23H26N8O2. The summed E-state index contributed by atoms with van der Waals surface area (Å²) in [5.41, 5.74) is 6.77. The largest absolute Gasteiger partial charge is 0.507 e. The quantitative estimate of drug-likeness (QED) is 0.138. The SMILES string of the molecule is N=C(N)/C(=C\C(=N)c1ccccc1O)N1CCCN(c2ccnc(C#CCNC=O)n2)CC1. The second-order valence-electron chi connectivity index (χ2n) is 7.24. The summed E-state index contributed by atoms with van der Waals surface area (Å²) >= 11 is 0. The number of carbonyl (C=O) groups excluding carboxylic acids is 1. The van der Waals surface area contributed by atoms with Gasteiger partial charge in [-0.3, -0.25) is 10.2 Å². The zero-order valence-electron chi connectivity index (χ0n) is 18.1. The third-order valence-corrected chi connectivity index (χ3v) is 5.03. The number of rotatable bonds is 7. The molecule has 33 heavy (non-hydrogen) atoms. The number of hydrogen-bond donors (Lipinski definition) is 5. The molecule has 0 aliphatic carbocycles. The van der Waals surface area contributed by atoms with Crippen molar-refractivity contribution in [1.82, 2.24) is 20.2 Å². The average Bonchev–Trinajstić information content (AvgIpc) is 3.07. The zero-order valence-corrected chi connectivity index (χ0v) is 18.1. The number of benzene rings is 1. The molecule has 1 fully saturated rings. The van der Waals surface area contributed by atoms with Crippen molar-refractivity contribution in [3.8, 4) is 17.6 Å². The summed E-state index contributed by atoms with van der Waals surface area (Å²) in [6, 6.07) is 8.43. The Bertz CT molecular complexity index is 1120. The van der Waals surface area contributed by atoms with E-state index in [2.05, 4.69) is 32.0 Å². The van der Waals surface area contributed by atoms with Gasteiger partial charge in [-0.1, -0.05) is 18.1 Å². The first kappa shape index (κ1) is 23.3.